The van der Waals surface area contributed by atoms with E-state index in [1.165, 1.54) is 12.1 Å². The highest BCUT2D eigenvalue weighted by Gasteiger charge is 2.52. The van der Waals surface area contributed by atoms with Crippen molar-refractivity contribution in [3.63, 3.8) is 0 Å². The zero-order valence-electron chi connectivity index (χ0n) is 10.9. The van der Waals surface area contributed by atoms with Gasteiger partial charge in [0.1, 0.15) is 5.82 Å². The molecule has 2 rings (SSSR count). The van der Waals surface area contributed by atoms with Crippen molar-refractivity contribution < 1.29 is 19.1 Å². The van der Waals surface area contributed by atoms with Gasteiger partial charge in [-0.3, -0.25) is 4.79 Å². The van der Waals surface area contributed by atoms with Crippen molar-refractivity contribution in [3.8, 4) is 0 Å². The predicted octanol–water partition coefficient (Wildman–Crippen LogP) is 2.90. The Morgan fingerprint density at radius 1 is 1.53 bits per heavy atom. The molecule has 0 heterocycles. The molecule has 1 aromatic carbocycles. The van der Waals surface area contributed by atoms with E-state index in [9.17, 15) is 14.0 Å². The quantitative estimate of drug-likeness (QED) is 0.879. The van der Waals surface area contributed by atoms with Gasteiger partial charge in [-0.25, -0.2) is 9.18 Å². The van der Waals surface area contributed by atoms with Crippen LogP contribution >= 0.6 is 0 Å². The molecular weight excluding hydrogens is 249 g/mol. The molecule has 0 spiro atoms. The first kappa shape index (κ1) is 13.5. The molecule has 4 nitrogen and oxygen atoms in total. The second-order valence-electron chi connectivity index (χ2n) is 5.25. The molecule has 0 radical (unpaired) electrons. The minimum atomic E-state index is -1.20. The molecule has 1 aliphatic rings. The largest absolute Gasteiger partial charge is 0.478 e. The molecule has 102 valence electrons. The van der Waals surface area contributed by atoms with Gasteiger partial charge in [0.2, 0.25) is 5.91 Å². The van der Waals surface area contributed by atoms with E-state index in [-0.39, 0.29) is 28.5 Å². The lowest BCUT2D eigenvalue weighted by atomic mass is 10.0. The van der Waals surface area contributed by atoms with E-state index in [1.807, 2.05) is 13.8 Å². The summed E-state index contributed by atoms with van der Waals surface area (Å²) >= 11 is 0. The Balaban J connectivity index is 2.08. The third-order valence-electron chi connectivity index (χ3n) is 3.95. The summed E-state index contributed by atoms with van der Waals surface area (Å²) in [4.78, 5) is 22.6. The van der Waals surface area contributed by atoms with E-state index in [2.05, 4.69) is 5.32 Å². The summed E-state index contributed by atoms with van der Waals surface area (Å²) in [5, 5.41) is 11.2. The van der Waals surface area contributed by atoms with Gasteiger partial charge in [0.05, 0.1) is 11.3 Å². The fourth-order valence-electron chi connectivity index (χ4n) is 2.18. The second-order valence-corrected chi connectivity index (χ2v) is 5.25. The molecular formula is C14H16FNO3. The normalized spacial score (nSPS) is 24.9. The molecule has 0 bridgehead atoms. The maximum absolute atomic E-state index is 13.7. The molecule has 19 heavy (non-hydrogen) atoms. The van der Waals surface area contributed by atoms with Gasteiger partial charge < -0.3 is 10.4 Å². The third-order valence-corrected chi connectivity index (χ3v) is 3.95. The van der Waals surface area contributed by atoms with Crippen LogP contribution in [0.15, 0.2) is 18.2 Å². The Labute approximate surface area is 110 Å². The Morgan fingerprint density at radius 2 is 2.21 bits per heavy atom. The summed E-state index contributed by atoms with van der Waals surface area (Å²) in [6.07, 6.45) is 1.72. The number of hydrogen-bond donors (Lipinski definition) is 2. The lowest BCUT2D eigenvalue weighted by Gasteiger charge is -2.09. The third kappa shape index (κ3) is 2.59. The minimum absolute atomic E-state index is 0.0154. The predicted molar refractivity (Wildman–Crippen MR) is 68.5 cm³/mol. The maximum Gasteiger partial charge on any atom is 0.335 e. The average molecular weight is 265 g/mol. The van der Waals surface area contributed by atoms with Gasteiger partial charge in [-0.05, 0) is 36.5 Å². The number of rotatable bonds is 4. The summed E-state index contributed by atoms with van der Waals surface area (Å²) in [6, 6.07) is 3.46. The second kappa shape index (κ2) is 4.64. The fraction of sp³-hybridized carbons (Fsp3) is 0.429. The van der Waals surface area contributed by atoms with Crippen molar-refractivity contribution in [2.24, 2.45) is 11.3 Å². The van der Waals surface area contributed by atoms with Crippen LogP contribution in [0.1, 0.15) is 37.0 Å². The Bertz CT molecular complexity index is 543. The van der Waals surface area contributed by atoms with E-state index >= 15 is 0 Å². The number of halogens is 1. The number of amides is 1. The van der Waals surface area contributed by atoms with Gasteiger partial charge in [-0.1, -0.05) is 13.8 Å². The molecule has 1 fully saturated rings. The molecule has 2 atom stereocenters. The number of carbonyl (C=O) groups is 2. The minimum Gasteiger partial charge on any atom is -0.478 e. The van der Waals surface area contributed by atoms with Gasteiger partial charge in [0.15, 0.2) is 0 Å². The smallest absolute Gasteiger partial charge is 0.335 e. The topological polar surface area (TPSA) is 66.4 Å². The number of aromatic carboxylic acids is 1. The molecule has 2 N–H and O–H groups in total. The monoisotopic (exact) mass is 265 g/mol. The van der Waals surface area contributed by atoms with E-state index in [4.69, 9.17) is 5.11 Å². The fourth-order valence-corrected chi connectivity index (χ4v) is 2.18. The first-order valence-corrected chi connectivity index (χ1v) is 6.21. The first-order chi connectivity index (χ1) is 8.87. The standard InChI is InChI=1S/C14H16FNO3/c1-3-14(2)7-9(14)12(17)16-11-5-4-8(13(18)19)6-10(11)15/h4-6,9H,3,7H2,1-2H3,(H,16,17)(H,18,19). The Hall–Kier alpha value is -1.91. The van der Waals surface area contributed by atoms with Crippen LogP contribution in [0.5, 0.6) is 0 Å². The lowest BCUT2D eigenvalue weighted by molar-refractivity contribution is -0.118. The molecule has 5 heteroatoms. The summed E-state index contributed by atoms with van der Waals surface area (Å²) < 4.78 is 13.7. The van der Waals surface area contributed by atoms with Gasteiger partial charge in [0, 0.05) is 5.92 Å². The SMILES string of the molecule is CCC1(C)CC1C(=O)Nc1ccc(C(=O)O)cc1F. The average Bonchev–Trinajstić information content (AvgIpc) is 3.05. The first-order valence-electron chi connectivity index (χ1n) is 6.21. The van der Waals surface area contributed by atoms with Crippen LogP contribution < -0.4 is 5.32 Å². The number of nitrogens with one attached hydrogen (secondary N) is 1. The number of hydrogen-bond acceptors (Lipinski definition) is 2. The van der Waals surface area contributed by atoms with Crippen LogP contribution in [-0.2, 0) is 4.79 Å². The zero-order valence-corrected chi connectivity index (χ0v) is 10.9. The molecule has 0 aliphatic heterocycles. The van der Waals surface area contributed by atoms with E-state index in [0.29, 0.717) is 0 Å². The zero-order chi connectivity index (χ0) is 14.2. The summed E-state index contributed by atoms with van der Waals surface area (Å²) in [5.41, 5.74) is -0.0950. The lowest BCUT2D eigenvalue weighted by Crippen LogP contribution is -2.18. The Kier molecular flexibility index (Phi) is 3.30. The van der Waals surface area contributed by atoms with E-state index in [0.717, 1.165) is 18.9 Å². The number of carboxylic acids is 1. The van der Waals surface area contributed by atoms with E-state index in [1.54, 1.807) is 0 Å². The molecule has 0 saturated heterocycles. The van der Waals surface area contributed by atoms with Crippen LogP contribution in [0, 0.1) is 17.2 Å². The highest BCUT2D eigenvalue weighted by molar-refractivity contribution is 5.96. The summed E-state index contributed by atoms with van der Waals surface area (Å²) in [7, 11) is 0. The van der Waals surface area contributed by atoms with Gasteiger partial charge in [0.25, 0.3) is 0 Å². The highest BCUT2D eigenvalue weighted by Crippen LogP contribution is 2.55. The number of carbonyl (C=O) groups excluding carboxylic acids is 1. The van der Waals surface area contributed by atoms with Crippen LogP contribution in [0.2, 0.25) is 0 Å². The van der Waals surface area contributed by atoms with Crippen LogP contribution in [-0.4, -0.2) is 17.0 Å². The molecule has 2 unspecified atom stereocenters. The molecule has 1 amide bonds. The van der Waals surface area contributed by atoms with Crippen LogP contribution in [0.25, 0.3) is 0 Å². The summed E-state index contributed by atoms with van der Waals surface area (Å²) in [6.45, 7) is 4.05. The van der Waals surface area contributed by atoms with Crippen molar-refractivity contribution in [2.45, 2.75) is 26.7 Å². The van der Waals surface area contributed by atoms with Crippen molar-refractivity contribution in [3.05, 3.63) is 29.6 Å². The molecule has 1 saturated carbocycles. The number of benzene rings is 1. The molecule has 0 aromatic heterocycles. The van der Waals surface area contributed by atoms with Crippen molar-refractivity contribution in [1.82, 2.24) is 0 Å². The van der Waals surface area contributed by atoms with Crippen LogP contribution in [0.4, 0.5) is 10.1 Å². The summed E-state index contributed by atoms with van der Waals surface area (Å²) in [5.74, 6) is -2.22. The number of carboxylic acid groups (broad SMARTS) is 1. The highest BCUT2D eigenvalue weighted by atomic mass is 19.1. The molecule has 1 aromatic rings. The van der Waals surface area contributed by atoms with Crippen molar-refractivity contribution >= 4 is 17.6 Å². The number of anilines is 1. The van der Waals surface area contributed by atoms with Gasteiger partial charge >= 0.3 is 5.97 Å². The molecule has 1 aliphatic carbocycles. The van der Waals surface area contributed by atoms with Crippen molar-refractivity contribution in [2.75, 3.05) is 5.32 Å². The van der Waals surface area contributed by atoms with Crippen LogP contribution in [0.3, 0.4) is 0 Å². The van der Waals surface area contributed by atoms with Gasteiger partial charge in [-0.15, -0.1) is 0 Å². The maximum atomic E-state index is 13.7. The van der Waals surface area contributed by atoms with Gasteiger partial charge in [-0.2, -0.15) is 0 Å². The van der Waals surface area contributed by atoms with E-state index < -0.39 is 11.8 Å². The Morgan fingerprint density at radius 3 is 2.68 bits per heavy atom. The van der Waals surface area contributed by atoms with Crippen molar-refractivity contribution in [1.29, 1.82) is 0 Å².